The van der Waals surface area contributed by atoms with Crippen molar-refractivity contribution >= 4 is 40.6 Å². The average molecular weight is 466 g/mol. The summed E-state index contributed by atoms with van der Waals surface area (Å²) in [7, 11) is 0. The summed E-state index contributed by atoms with van der Waals surface area (Å²) in [5.74, 6) is 0.965. The topological polar surface area (TPSA) is 103 Å². The van der Waals surface area contributed by atoms with Gasteiger partial charge >= 0.3 is 0 Å². The number of halogens is 1. The molecule has 8 nitrogen and oxygen atoms in total. The van der Waals surface area contributed by atoms with Crippen LogP contribution in [-0.4, -0.2) is 30.3 Å². The lowest BCUT2D eigenvalue weighted by Crippen LogP contribution is -2.22. The number of fused-ring (bicyclic) bond motifs is 3. The fourth-order valence-corrected chi connectivity index (χ4v) is 4.76. The maximum atomic E-state index is 12.8. The number of carbonyl (C=O) groups is 1. The van der Waals surface area contributed by atoms with Crippen LogP contribution in [0.4, 0.5) is 5.69 Å². The number of thioether (sulfide) groups is 1. The highest BCUT2D eigenvalue weighted by molar-refractivity contribution is 7.98. The average Bonchev–Trinajstić information content (AvgIpc) is 3.22. The number of nitro benzene ring substituents is 1. The molecule has 1 unspecified atom stereocenters. The van der Waals surface area contributed by atoms with E-state index in [0.29, 0.717) is 40.1 Å². The van der Waals surface area contributed by atoms with Gasteiger partial charge in [0.1, 0.15) is 0 Å². The van der Waals surface area contributed by atoms with Crippen molar-refractivity contribution in [1.82, 2.24) is 19.6 Å². The molecule has 2 aromatic heterocycles. The molecule has 32 heavy (non-hydrogen) atoms. The molecule has 1 aliphatic rings. The van der Waals surface area contributed by atoms with Crippen LogP contribution in [0.5, 0.6) is 0 Å². The number of benzene rings is 2. The van der Waals surface area contributed by atoms with Gasteiger partial charge < -0.3 is 0 Å². The summed E-state index contributed by atoms with van der Waals surface area (Å²) >= 11 is 7.37. The third-order valence-electron chi connectivity index (χ3n) is 5.45. The Morgan fingerprint density at radius 3 is 2.78 bits per heavy atom. The van der Waals surface area contributed by atoms with E-state index in [-0.39, 0.29) is 17.4 Å². The van der Waals surface area contributed by atoms with Crippen LogP contribution in [0.25, 0.3) is 5.78 Å². The second kappa shape index (κ2) is 8.33. The predicted molar refractivity (Wildman–Crippen MR) is 120 cm³/mol. The number of nitrogens with zero attached hydrogens (tertiary/aromatic N) is 5. The Morgan fingerprint density at radius 2 is 2.00 bits per heavy atom. The number of nitro groups is 1. The van der Waals surface area contributed by atoms with Gasteiger partial charge in [0.05, 0.1) is 16.2 Å². The molecule has 2 aromatic carbocycles. The molecule has 0 amide bonds. The zero-order valence-electron chi connectivity index (χ0n) is 16.6. The van der Waals surface area contributed by atoms with E-state index < -0.39 is 4.92 Å². The number of Topliss-reactive ketones (excluding diaryl/α,β-unsaturated/α-hetero) is 1. The monoisotopic (exact) mass is 465 g/mol. The van der Waals surface area contributed by atoms with Gasteiger partial charge in [-0.25, -0.2) is 4.98 Å². The summed E-state index contributed by atoms with van der Waals surface area (Å²) in [5.41, 5.74) is 3.27. The highest BCUT2D eigenvalue weighted by Crippen LogP contribution is 2.33. The fourth-order valence-electron chi connectivity index (χ4n) is 3.87. The molecule has 5 rings (SSSR count). The van der Waals surface area contributed by atoms with Crippen molar-refractivity contribution in [2.45, 2.75) is 29.7 Å². The third kappa shape index (κ3) is 3.96. The zero-order chi connectivity index (χ0) is 22.2. The van der Waals surface area contributed by atoms with Crippen molar-refractivity contribution in [2.75, 3.05) is 0 Å². The summed E-state index contributed by atoms with van der Waals surface area (Å²) in [6.45, 7) is 0. The first-order chi connectivity index (χ1) is 15.5. The second-order valence-corrected chi connectivity index (χ2v) is 8.90. The minimum atomic E-state index is -0.415. The highest BCUT2D eigenvalue weighted by Gasteiger charge is 2.29. The van der Waals surface area contributed by atoms with Gasteiger partial charge in [0.2, 0.25) is 5.16 Å². The van der Waals surface area contributed by atoms with E-state index >= 15 is 0 Å². The van der Waals surface area contributed by atoms with Gasteiger partial charge in [-0.1, -0.05) is 47.6 Å². The van der Waals surface area contributed by atoms with E-state index in [4.69, 9.17) is 11.6 Å². The number of hydrogen-bond acceptors (Lipinski definition) is 7. The summed E-state index contributed by atoms with van der Waals surface area (Å²) in [6.07, 6.45) is 2.62. The van der Waals surface area contributed by atoms with E-state index in [2.05, 4.69) is 15.1 Å². The first-order valence-electron chi connectivity index (χ1n) is 9.87. The molecule has 1 aliphatic carbocycles. The minimum absolute atomic E-state index is 0.0295. The third-order valence-corrected chi connectivity index (χ3v) is 6.61. The minimum Gasteiger partial charge on any atom is -0.294 e. The van der Waals surface area contributed by atoms with Crippen molar-refractivity contribution < 1.29 is 9.72 Å². The van der Waals surface area contributed by atoms with E-state index in [0.717, 1.165) is 16.8 Å². The van der Waals surface area contributed by atoms with Crippen molar-refractivity contribution in [1.29, 1.82) is 0 Å². The summed E-state index contributed by atoms with van der Waals surface area (Å²) < 4.78 is 1.64. The molecule has 4 aromatic rings. The van der Waals surface area contributed by atoms with E-state index in [9.17, 15) is 14.9 Å². The van der Waals surface area contributed by atoms with E-state index in [1.54, 1.807) is 16.8 Å². The largest absolute Gasteiger partial charge is 0.294 e. The number of hydrogen-bond donors (Lipinski definition) is 0. The SMILES string of the molecule is O=C1CC(c2ccc(Cl)cc2)Cc2c1cnc1nc(SCc3cccc([N+](=O)[O-])c3)nn21. The Balaban J connectivity index is 1.42. The Bertz CT molecular complexity index is 1360. The van der Waals surface area contributed by atoms with Crippen molar-refractivity contribution in [3.8, 4) is 0 Å². The molecular weight excluding hydrogens is 450 g/mol. The Hall–Kier alpha value is -3.30. The van der Waals surface area contributed by atoms with Crippen LogP contribution < -0.4 is 0 Å². The molecule has 2 heterocycles. The number of carbonyl (C=O) groups excluding carboxylic acids is 1. The van der Waals surface area contributed by atoms with Gasteiger partial charge in [-0.2, -0.15) is 9.50 Å². The molecule has 0 aliphatic heterocycles. The number of aromatic nitrogens is 4. The lowest BCUT2D eigenvalue weighted by atomic mass is 9.82. The van der Waals surface area contributed by atoms with Crippen LogP contribution in [0.3, 0.4) is 0 Å². The summed E-state index contributed by atoms with van der Waals surface area (Å²) in [6, 6.07) is 14.0. The van der Waals surface area contributed by atoms with Gasteiger partial charge in [-0.05, 0) is 35.6 Å². The van der Waals surface area contributed by atoms with Crippen LogP contribution >= 0.6 is 23.4 Å². The summed E-state index contributed by atoms with van der Waals surface area (Å²) in [5, 5.41) is 16.7. The smallest absolute Gasteiger partial charge is 0.269 e. The number of rotatable bonds is 5. The van der Waals surface area contributed by atoms with E-state index in [1.807, 2.05) is 30.3 Å². The molecule has 160 valence electrons. The number of ketones is 1. The van der Waals surface area contributed by atoms with Gasteiger partial charge in [0.15, 0.2) is 5.78 Å². The first kappa shape index (κ1) is 20.6. The van der Waals surface area contributed by atoms with Crippen LogP contribution in [0.2, 0.25) is 5.02 Å². The first-order valence-corrected chi connectivity index (χ1v) is 11.2. The number of non-ortho nitro benzene ring substituents is 1. The lowest BCUT2D eigenvalue weighted by molar-refractivity contribution is -0.384. The van der Waals surface area contributed by atoms with Gasteiger partial charge in [-0.3, -0.25) is 14.9 Å². The molecule has 0 saturated carbocycles. The van der Waals surface area contributed by atoms with Crippen molar-refractivity contribution in [3.63, 3.8) is 0 Å². The van der Waals surface area contributed by atoms with Crippen molar-refractivity contribution in [2.24, 2.45) is 0 Å². The maximum absolute atomic E-state index is 12.8. The molecule has 0 radical (unpaired) electrons. The molecule has 0 saturated heterocycles. The van der Waals surface area contributed by atoms with Gasteiger partial charge in [-0.15, -0.1) is 5.10 Å². The molecule has 0 N–H and O–H groups in total. The molecule has 1 atom stereocenters. The highest BCUT2D eigenvalue weighted by atomic mass is 35.5. The van der Waals surface area contributed by atoms with Crippen LogP contribution in [0.1, 0.15) is 39.5 Å². The predicted octanol–water partition coefficient (Wildman–Crippen LogP) is 4.89. The molecule has 0 fully saturated rings. The Kier molecular flexibility index (Phi) is 5.36. The van der Waals surface area contributed by atoms with E-state index in [1.165, 1.54) is 23.9 Å². The summed E-state index contributed by atoms with van der Waals surface area (Å²) in [4.78, 5) is 32.1. The maximum Gasteiger partial charge on any atom is 0.269 e. The quantitative estimate of drug-likeness (QED) is 0.235. The van der Waals surface area contributed by atoms with Gasteiger partial charge in [0.25, 0.3) is 11.5 Å². The zero-order valence-corrected chi connectivity index (χ0v) is 18.2. The second-order valence-electron chi connectivity index (χ2n) is 7.52. The van der Waals surface area contributed by atoms with Gasteiger partial charge in [0, 0.05) is 35.5 Å². The molecule has 10 heteroatoms. The molecular formula is C22H16ClN5O3S. The standard InChI is InChI=1S/C22H16ClN5O3S/c23-16-6-4-14(5-7-16)15-9-19-18(20(29)10-15)11-24-21-25-22(26-27(19)21)32-12-13-2-1-3-17(8-13)28(30)31/h1-8,11,15H,9-10,12H2. The fraction of sp³-hybridized carbons (Fsp3) is 0.182. The molecule has 0 spiro atoms. The van der Waals surface area contributed by atoms with Crippen LogP contribution in [-0.2, 0) is 12.2 Å². The molecule has 0 bridgehead atoms. The Labute approximate surface area is 191 Å². The lowest BCUT2D eigenvalue weighted by Gasteiger charge is -2.23. The normalized spacial score (nSPS) is 15.7. The Morgan fingerprint density at radius 1 is 1.19 bits per heavy atom. The van der Waals surface area contributed by atoms with Crippen molar-refractivity contribution in [3.05, 3.63) is 92.2 Å². The van der Waals surface area contributed by atoms with Crippen LogP contribution in [0, 0.1) is 10.1 Å². The van der Waals surface area contributed by atoms with Crippen LogP contribution in [0.15, 0.2) is 59.9 Å².